The van der Waals surface area contributed by atoms with Crippen LogP contribution in [0.15, 0.2) is 12.4 Å². The number of hydrogen-bond acceptors (Lipinski definition) is 7. The van der Waals surface area contributed by atoms with Crippen molar-refractivity contribution in [1.82, 2.24) is 19.8 Å². The van der Waals surface area contributed by atoms with Gasteiger partial charge in [0.05, 0.1) is 13.2 Å². The van der Waals surface area contributed by atoms with Gasteiger partial charge in [0.25, 0.3) is 0 Å². The fourth-order valence-corrected chi connectivity index (χ4v) is 4.03. The van der Waals surface area contributed by atoms with Crippen LogP contribution in [0.2, 0.25) is 0 Å². The Morgan fingerprint density at radius 2 is 2.00 bits per heavy atom. The molecule has 0 saturated carbocycles. The third-order valence-corrected chi connectivity index (χ3v) is 5.54. The highest BCUT2D eigenvalue weighted by Crippen LogP contribution is 2.18. The Morgan fingerprint density at radius 1 is 1.28 bits per heavy atom. The Morgan fingerprint density at radius 3 is 2.68 bits per heavy atom. The summed E-state index contributed by atoms with van der Waals surface area (Å²) in [5.41, 5.74) is 1.07. The molecule has 138 valence electrons. The van der Waals surface area contributed by atoms with E-state index in [4.69, 9.17) is 4.74 Å². The summed E-state index contributed by atoms with van der Waals surface area (Å²) in [5.74, 6) is 3.05. The first-order chi connectivity index (χ1) is 12.1. The Kier molecular flexibility index (Phi) is 6.50. The van der Waals surface area contributed by atoms with Gasteiger partial charge in [-0.25, -0.2) is 9.97 Å². The number of thioether (sulfide) groups is 1. The maximum Gasteiger partial charge on any atom is 0.224 e. The van der Waals surface area contributed by atoms with Gasteiger partial charge in [0, 0.05) is 82.2 Å². The number of aromatic nitrogens is 2. The zero-order chi connectivity index (χ0) is 17.6. The largest absolute Gasteiger partial charge is 0.378 e. The van der Waals surface area contributed by atoms with Crippen LogP contribution in [0.25, 0.3) is 0 Å². The fourth-order valence-electron chi connectivity index (χ4n) is 3.12. The molecule has 3 heterocycles. The van der Waals surface area contributed by atoms with E-state index in [1.54, 1.807) is 0 Å². The van der Waals surface area contributed by atoms with Crippen molar-refractivity contribution in [1.29, 1.82) is 0 Å². The Labute approximate surface area is 153 Å². The van der Waals surface area contributed by atoms with E-state index in [2.05, 4.69) is 14.9 Å². The quantitative estimate of drug-likeness (QED) is 0.761. The third-order valence-electron chi connectivity index (χ3n) is 4.60. The molecule has 1 amide bonds. The number of anilines is 1. The molecule has 0 radical (unpaired) electrons. The lowest BCUT2D eigenvalue weighted by Gasteiger charge is -2.36. The summed E-state index contributed by atoms with van der Waals surface area (Å²) < 4.78 is 5.63. The number of carbonyl (C=O) groups excluding carboxylic acids is 1. The SMILES string of the molecule is CN(C)c1ncc(CN2CCOC[C@@H]2CC(=O)N2CCSCC2)cn1. The molecule has 2 saturated heterocycles. The van der Waals surface area contributed by atoms with Gasteiger partial charge < -0.3 is 14.5 Å². The van der Waals surface area contributed by atoms with E-state index < -0.39 is 0 Å². The summed E-state index contributed by atoms with van der Waals surface area (Å²) in [7, 11) is 3.86. The summed E-state index contributed by atoms with van der Waals surface area (Å²) in [6.45, 7) is 4.66. The molecule has 2 fully saturated rings. The lowest BCUT2D eigenvalue weighted by atomic mass is 10.1. The lowest BCUT2D eigenvalue weighted by molar-refractivity contribution is -0.134. The van der Waals surface area contributed by atoms with E-state index in [0.29, 0.717) is 25.6 Å². The molecule has 0 N–H and O–H groups in total. The normalized spacial score (nSPS) is 22.0. The van der Waals surface area contributed by atoms with Crippen molar-refractivity contribution >= 4 is 23.6 Å². The second kappa shape index (κ2) is 8.82. The maximum absolute atomic E-state index is 12.6. The number of amides is 1. The van der Waals surface area contributed by atoms with Crippen LogP contribution >= 0.6 is 11.8 Å². The number of carbonyl (C=O) groups is 1. The molecule has 1 aromatic heterocycles. The topological polar surface area (TPSA) is 61.8 Å². The minimum absolute atomic E-state index is 0.129. The summed E-state index contributed by atoms with van der Waals surface area (Å²) in [6, 6.07) is 0.129. The second-order valence-electron chi connectivity index (χ2n) is 6.68. The van der Waals surface area contributed by atoms with Crippen LogP contribution < -0.4 is 4.90 Å². The third kappa shape index (κ3) is 5.05. The van der Waals surface area contributed by atoms with E-state index in [-0.39, 0.29) is 11.9 Å². The first kappa shape index (κ1) is 18.4. The van der Waals surface area contributed by atoms with Gasteiger partial charge in [-0.05, 0) is 0 Å². The number of nitrogens with zero attached hydrogens (tertiary/aromatic N) is 5. The molecule has 0 unspecified atom stereocenters. The zero-order valence-electron chi connectivity index (χ0n) is 15.1. The first-order valence-corrected chi connectivity index (χ1v) is 9.94. The summed E-state index contributed by atoms with van der Waals surface area (Å²) in [6.07, 6.45) is 4.28. The van der Waals surface area contributed by atoms with Crippen molar-refractivity contribution in [3.8, 4) is 0 Å². The number of morpholine rings is 1. The molecule has 3 rings (SSSR count). The molecule has 0 bridgehead atoms. The molecule has 7 nitrogen and oxygen atoms in total. The predicted octanol–water partition coefficient (Wildman–Crippen LogP) is 0.709. The molecule has 8 heteroatoms. The van der Waals surface area contributed by atoms with Crippen molar-refractivity contribution in [2.75, 3.05) is 63.3 Å². The van der Waals surface area contributed by atoms with Crippen molar-refractivity contribution in [3.05, 3.63) is 18.0 Å². The molecular formula is C17H27N5O2S. The Balaban J connectivity index is 1.59. The summed E-state index contributed by atoms with van der Waals surface area (Å²) in [4.78, 5) is 27.6. The van der Waals surface area contributed by atoms with E-state index in [1.165, 1.54) is 0 Å². The van der Waals surface area contributed by atoms with Crippen molar-refractivity contribution in [2.24, 2.45) is 0 Å². The van der Waals surface area contributed by atoms with Crippen LogP contribution in [0, 0.1) is 0 Å². The van der Waals surface area contributed by atoms with Gasteiger partial charge in [-0.3, -0.25) is 9.69 Å². The Hall–Kier alpha value is -1.38. The van der Waals surface area contributed by atoms with Gasteiger partial charge in [-0.1, -0.05) is 0 Å². The zero-order valence-corrected chi connectivity index (χ0v) is 15.9. The molecule has 0 spiro atoms. The van der Waals surface area contributed by atoms with E-state index in [1.807, 2.05) is 48.1 Å². The van der Waals surface area contributed by atoms with Crippen LogP contribution in [0.3, 0.4) is 0 Å². The minimum Gasteiger partial charge on any atom is -0.378 e. The summed E-state index contributed by atoms with van der Waals surface area (Å²) >= 11 is 1.92. The van der Waals surface area contributed by atoms with Crippen LogP contribution in [-0.2, 0) is 16.1 Å². The minimum atomic E-state index is 0.129. The summed E-state index contributed by atoms with van der Waals surface area (Å²) in [5, 5.41) is 0. The molecule has 2 aliphatic heterocycles. The van der Waals surface area contributed by atoms with Crippen molar-refractivity contribution in [2.45, 2.75) is 19.0 Å². The molecular weight excluding hydrogens is 338 g/mol. The predicted molar refractivity (Wildman–Crippen MR) is 99.9 cm³/mol. The molecule has 1 atom stereocenters. The number of hydrogen-bond donors (Lipinski definition) is 0. The first-order valence-electron chi connectivity index (χ1n) is 8.79. The molecule has 1 aromatic rings. The van der Waals surface area contributed by atoms with Crippen molar-refractivity contribution < 1.29 is 9.53 Å². The highest BCUT2D eigenvalue weighted by molar-refractivity contribution is 7.99. The monoisotopic (exact) mass is 365 g/mol. The maximum atomic E-state index is 12.6. The van der Waals surface area contributed by atoms with Gasteiger partial charge in [0.1, 0.15) is 0 Å². The smallest absolute Gasteiger partial charge is 0.224 e. The molecule has 0 aromatic carbocycles. The van der Waals surface area contributed by atoms with Crippen molar-refractivity contribution in [3.63, 3.8) is 0 Å². The van der Waals surface area contributed by atoms with Crippen LogP contribution in [0.4, 0.5) is 5.95 Å². The Bertz CT molecular complexity index is 563. The number of rotatable bonds is 5. The van der Waals surface area contributed by atoms with Crippen LogP contribution in [0.5, 0.6) is 0 Å². The number of ether oxygens (including phenoxy) is 1. The molecule has 25 heavy (non-hydrogen) atoms. The van der Waals surface area contributed by atoms with E-state index in [0.717, 1.165) is 43.2 Å². The standard InChI is InChI=1S/C17H27N5O2S/c1-20(2)17-18-10-14(11-19-17)12-22-3-6-24-13-15(22)9-16(23)21-4-7-25-8-5-21/h10-11,15H,3-9,12-13H2,1-2H3/t15-/m0/s1. The molecule has 2 aliphatic rings. The fraction of sp³-hybridized carbons (Fsp3) is 0.706. The average molecular weight is 366 g/mol. The van der Waals surface area contributed by atoms with Gasteiger partial charge >= 0.3 is 0 Å². The van der Waals surface area contributed by atoms with E-state index >= 15 is 0 Å². The van der Waals surface area contributed by atoms with E-state index in [9.17, 15) is 4.79 Å². The average Bonchev–Trinajstić information content (AvgIpc) is 2.64. The van der Waals surface area contributed by atoms with Gasteiger partial charge in [-0.15, -0.1) is 0 Å². The second-order valence-corrected chi connectivity index (χ2v) is 7.91. The highest BCUT2D eigenvalue weighted by Gasteiger charge is 2.28. The van der Waals surface area contributed by atoms with Crippen LogP contribution in [0.1, 0.15) is 12.0 Å². The van der Waals surface area contributed by atoms with Gasteiger partial charge in [0.2, 0.25) is 11.9 Å². The van der Waals surface area contributed by atoms with Gasteiger partial charge in [0.15, 0.2) is 0 Å². The lowest BCUT2D eigenvalue weighted by Crippen LogP contribution is -2.48. The van der Waals surface area contributed by atoms with Gasteiger partial charge in [-0.2, -0.15) is 11.8 Å². The highest BCUT2D eigenvalue weighted by atomic mass is 32.2. The van der Waals surface area contributed by atoms with Crippen LogP contribution in [-0.4, -0.2) is 90.2 Å². The molecule has 0 aliphatic carbocycles.